The molecule has 0 saturated carbocycles. The molecule has 7 heteroatoms. The summed E-state index contributed by atoms with van der Waals surface area (Å²) in [7, 11) is -3.95. The van der Waals surface area contributed by atoms with Gasteiger partial charge in [0.1, 0.15) is 0 Å². The Labute approximate surface area is 128 Å². The van der Waals surface area contributed by atoms with E-state index in [2.05, 4.69) is 0 Å². The Morgan fingerprint density at radius 1 is 1.18 bits per heavy atom. The lowest BCUT2D eigenvalue weighted by Gasteiger charge is -2.19. The summed E-state index contributed by atoms with van der Waals surface area (Å²) in [6, 6.07) is 11.0. The van der Waals surface area contributed by atoms with E-state index in [0.717, 1.165) is 11.1 Å². The van der Waals surface area contributed by atoms with Gasteiger partial charge in [-0.05, 0) is 31.0 Å². The summed E-state index contributed by atoms with van der Waals surface area (Å²) < 4.78 is 26.9. The molecule has 0 fully saturated rings. The third-order valence-corrected chi connectivity index (χ3v) is 5.58. The second kappa shape index (κ2) is 5.10. The predicted octanol–water partition coefficient (Wildman–Crippen LogP) is 2.65. The Kier molecular flexibility index (Phi) is 3.37. The van der Waals surface area contributed by atoms with Gasteiger partial charge in [-0.1, -0.05) is 29.8 Å². The van der Waals surface area contributed by atoms with Crippen molar-refractivity contribution >= 4 is 21.4 Å². The number of nitrogens with zero attached hydrogens (tertiary/aromatic N) is 2. The summed E-state index contributed by atoms with van der Waals surface area (Å²) in [6.45, 7) is 2.24. The zero-order chi connectivity index (χ0) is 15.9. The minimum Gasteiger partial charge on any atom is -0.266 e. The van der Waals surface area contributed by atoms with E-state index in [4.69, 9.17) is 0 Å². The summed E-state index contributed by atoms with van der Waals surface area (Å²) in [5.74, 6) is 0. The molecule has 0 spiro atoms. The summed E-state index contributed by atoms with van der Waals surface area (Å²) in [5, 5.41) is 11.1. The molecule has 6 nitrogen and oxygen atoms in total. The van der Waals surface area contributed by atoms with E-state index in [1.165, 1.54) is 28.6 Å². The number of nitro benzene ring substituents is 1. The lowest BCUT2D eigenvalue weighted by molar-refractivity contribution is -0.387. The van der Waals surface area contributed by atoms with Gasteiger partial charge in [-0.15, -0.1) is 0 Å². The molecule has 0 radical (unpaired) electrons. The van der Waals surface area contributed by atoms with Crippen molar-refractivity contribution in [2.24, 2.45) is 0 Å². The van der Waals surface area contributed by atoms with E-state index < -0.39 is 20.6 Å². The Balaban J connectivity index is 2.12. The monoisotopic (exact) mass is 318 g/mol. The van der Waals surface area contributed by atoms with Crippen molar-refractivity contribution in [1.82, 2.24) is 0 Å². The van der Waals surface area contributed by atoms with Crippen LogP contribution in [0.5, 0.6) is 0 Å². The van der Waals surface area contributed by atoms with Crippen LogP contribution in [0, 0.1) is 17.0 Å². The lowest BCUT2D eigenvalue weighted by atomic mass is 10.1. The fourth-order valence-corrected chi connectivity index (χ4v) is 4.36. The van der Waals surface area contributed by atoms with Gasteiger partial charge in [-0.3, -0.25) is 14.4 Å². The topological polar surface area (TPSA) is 80.5 Å². The number of para-hydroxylation sites is 1. The third-order valence-electron chi connectivity index (χ3n) is 3.72. The maximum Gasteiger partial charge on any atom is 0.289 e. The van der Waals surface area contributed by atoms with Crippen molar-refractivity contribution in [1.29, 1.82) is 0 Å². The van der Waals surface area contributed by atoms with E-state index >= 15 is 0 Å². The first-order valence-electron chi connectivity index (χ1n) is 6.77. The molecule has 1 heterocycles. The molecule has 0 saturated heterocycles. The molecule has 0 atom stereocenters. The fourth-order valence-electron chi connectivity index (χ4n) is 2.69. The molecule has 0 N–H and O–H groups in total. The quantitative estimate of drug-likeness (QED) is 0.643. The Hall–Kier alpha value is -2.41. The van der Waals surface area contributed by atoms with Gasteiger partial charge < -0.3 is 0 Å². The SMILES string of the molecule is Cc1ccc2c(c1)CCN2S(=O)(=O)c1ccccc1[N+](=O)[O-]. The highest BCUT2D eigenvalue weighted by Gasteiger charge is 2.35. The highest BCUT2D eigenvalue weighted by atomic mass is 32.2. The van der Waals surface area contributed by atoms with Crippen molar-refractivity contribution in [2.45, 2.75) is 18.2 Å². The Morgan fingerprint density at radius 3 is 2.64 bits per heavy atom. The number of aryl methyl sites for hydroxylation is 1. The number of hydrogen-bond donors (Lipinski definition) is 0. The van der Waals surface area contributed by atoms with Crippen LogP contribution in [0.1, 0.15) is 11.1 Å². The molecule has 1 aliphatic heterocycles. The van der Waals surface area contributed by atoms with Gasteiger partial charge in [0, 0.05) is 12.6 Å². The van der Waals surface area contributed by atoms with E-state index in [1.807, 2.05) is 19.1 Å². The number of fused-ring (bicyclic) bond motifs is 1. The van der Waals surface area contributed by atoms with E-state index in [0.29, 0.717) is 18.7 Å². The smallest absolute Gasteiger partial charge is 0.266 e. The number of anilines is 1. The van der Waals surface area contributed by atoms with Gasteiger partial charge in [-0.25, -0.2) is 8.42 Å². The van der Waals surface area contributed by atoms with Crippen LogP contribution in [0.15, 0.2) is 47.4 Å². The third kappa shape index (κ3) is 2.23. The molecule has 0 amide bonds. The molecule has 0 unspecified atom stereocenters. The molecule has 0 aliphatic carbocycles. The van der Waals surface area contributed by atoms with Crippen molar-refractivity contribution in [3.63, 3.8) is 0 Å². The number of rotatable bonds is 3. The first-order chi connectivity index (χ1) is 10.4. The van der Waals surface area contributed by atoms with Gasteiger partial charge in [0.25, 0.3) is 15.7 Å². The van der Waals surface area contributed by atoms with E-state index in [9.17, 15) is 18.5 Å². The van der Waals surface area contributed by atoms with Gasteiger partial charge in [0.05, 0.1) is 10.6 Å². The Bertz CT molecular complexity index is 862. The summed E-state index contributed by atoms with van der Waals surface area (Å²) in [6.07, 6.45) is 0.608. The largest absolute Gasteiger partial charge is 0.289 e. The number of nitro groups is 1. The van der Waals surface area contributed by atoms with E-state index in [1.54, 1.807) is 6.07 Å². The minimum absolute atomic E-state index is 0.270. The molecule has 3 rings (SSSR count). The zero-order valence-corrected chi connectivity index (χ0v) is 12.7. The number of hydrogen-bond acceptors (Lipinski definition) is 4. The predicted molar refractivity (Wildman–Crippen MR) is 82.5 cm³/mol. The van der Waals surface area contributed by atoms with Crippen LogP contribution >= 0.6 is 0 Å². The van der Waals surface area contributed by atoms with Gasteiger partial charge in [0.2, 0.25) is 0 Å². The highest BCUT2D eigenvalue weighted by Crippen LogP contribution is 2.35. The average Bonchev–Trinajstić information content (AvgIpc) is 2.90. The second-order valence-corrected chi connectivity index (χ2v) is 7.01. The molecule has 2 aromatic rings. The summed E-state index contributed by atoms with van der Waals surface area (Å²) in [4.78, 5) is 10.2. The van der Waals surface area contributed by atoms with Crippen LogP contribution in [0.2, 0.25) is 0 Å². The van der Waals surface area contributed by atoms with Crippen LogP contribution < -0.4 is 4.31 Å². The minimum atomic E-state index is -3.95. The number of benzene rings is 2. The van der Waals surface area contributed by atoms with Crippen LogP contribution in [0.4, 0.5) is 11.4 Å². The van der Waals surface area contributed by atoms with Crippen LogP contribution in [-0.4, -0.2) is 19.9 Å². The maximum atomic E-state index is 12.8. The van der Waals surface area contributed by atoms with Crippen molar-refractivity contribution in [3.8, 4) is 0 Å². The lowest BCUT2D eigenvalue weighted by Crippen LogP contribution is -2.29. The molecule has 114 valence electrons. The molecule has 1 aliphatic rings. The standard InChI is InChI=1S/C15H14N2O4S/c1-11-6-7-13-12(10-11)8-9-16(13)22(20,21)15-5-3-2-4-14(15)17(18)19/h2-7,10H,8-9H2,1H3. The molecular formula is C15H14N2O4S. The van der Waals surface area contributed by atoms with Gasteiger partial charge >= 0.3 is 0 Å². The molecule has 0 aromatic heterocycles. The highest BCUT2D eigenvalue weighted by molar-refractivity contribution is 7.93. The van der Waals surface area contributed by atoms with Crippen LogP contribution in [0.3, 0.4) is 0 Å². The van der Waals surface area contributed by atoms with Crippen molar-refractivity contribution in [2.75, 3.05) is 10.8 Å². The van der Waals surface area contributed by atoms with Crippen LogP contribution in [0.25, 0.3) is 0 Å². The first kappa shape index (κ1) is 14.5. The fraction of sp³-hybridized carbons (Fsp3) is 0.200. The Morgan fingerprint density at radius 2 is 1.91 bits per heavy atom. The van der Waals surface area contributed by atoms with E-state index in [-0.39, 0.29) is 4.90 Å². The zero-order valence-electron chi connectivity index (χ0n) is 11.9. The molecule has 0 bridgehead atoms. The first-order valence-corrected chi connectivity index (χ1v) is 8.21. The summed E-state index contributed by atoms with van der Waals surface area (Å²) >= 11 is 0. The summed E-state index contributed by atoms with van der Waals surface area (Å²) in [5.41, 5.74) is 2.21. The second-order valence-electron chi connectivity index (χ2n) is 5.18. The number of sulfonamides is 1. The molecule has 2 aromatic carbocycles. The van der Waals surface area contributed by atoms with Crippen molar-refractivity contribution in [3.05, 3.63) is 63.7 Å². The van der Waals surface area contributed by atoms with Gasteiger partial charge in [-0.2, -0.15) is 0 Å². The average molecular weight is 318 g/mol. The van der Waals surface area contributed by atoms with Crippen molar-refractivity contribution < 1.29 is 13.3 Å². The maximum absolute atomic E-state index is 12.8. The molecular weight excluding hydrogens is 304 g/mol. The van der Waals surface area contributed by atoms with Gasteiger partial charge in [0.15, 0.2) is 4.90 Å². The van der Waals surface area contributed by atoms with Crippen LogP contribution in [-0.2, 0) is 16.4 Å². The molecule has 22 heavy (non-hydrogen) atoms. The normalized spacial score (nSPS) is 14.0.